The Kier molecular flexibility index (Phi) is 4.93. The van der Waals surface area contributed by atoms with Crippen LogP contribution in [-0.2, 0) is 4.74 Å². The number of nitrogens with zero attached hydrogens (tertiary/aromatic N) is 2. The second-order valence-corrected chi connectivity index (χ2v) is 4.67. The summed E-state index contributed by atoms with van der Waals surface area (Å²) in [6.45, 7) is 6.87. The van der Waals surface area contributed by atoms with Crippen LogP contribution in [0.15, 0.2) is 10.6 Å². The van der Waals surface area contributed by atoms with Crippen molar-refractivity contribution < 1.29 is 14.1 Å². The van der Waals surface area contributed by atoms with Crippen molar-refractivity contribution in [3.05, 3.63) is 17.5 Å². The molecule has 1 saturated heterocycles. The summed E-state index contributed by atoms with van der Waals surface area (Å²) in [4.78, 5) is 12.0. The summed E-state index contributed by atoms with van der Waals surface area (Å²) in [6, 6.07) is 1.74. The normalized spacial score (nSPS) is 16.8. The summed E-state index contributed by atoms with van der Waals surface area (Å²) in [6.07, 6.45) is 1.99. The molecule has 1 aliphatic rings. The Bertz CT molecular complexity index is 409. The Morgan fingerprint density at radius 2 is 2.11 bits per heavy atom. The van der Waals surface area contributed by atoms with E-state index >= 15 is 0 Å². The number of rotatable bonds is 5. The molecule has 1 fully saturated rings. The first-order valence-corrected chi connectivity index (χ1v) is 6.84. The third-order valence-electron chi connectivity index (χ3n) is 3.43. The summed E-state index contributed by atoms with van der Waals surface area (Å²) in [5.74, 6) is 0.383. The summed E-state index contributed by atoms with van der Waals surface area (Å²) in [7, 11) is 0. The zero-order chi connectivity index (χ0) is 13.7. The average Bonchev–Trinajstić information content (AvgIpc) is 2.91. The fraction of sp³-hybridized carbons (Fsp3) is 0.692. The number of hydrogen-bond acceptors (Lipinski definition) is 5. The molecule has 0 aromatic carbocycles. The van der Waals surface area contributed by atoms with E-state index in [0.29, 0.717) is 32.2 Å². The van der Waals surface area contributed by atoms with E-state index in [1.165, 1.54) is 0 Å². The first-order chi connectivity index (χ1) is 9.24. The maximum absolute atomic E-state index is 12.0. The van der Waals surface area contributed by atoms with Gasteiger partial charge in [-0.3, -0.25) is 10.2 Å². The molecular formula is C13H21N3O3. The number of carbonyl (C=O) groups excluding carboxylic acids is 1. The van der Waals surface area contributed by atoms with Crippen LogP contribution in [0.25, 0.3) is 0 Å². The van der Waals surface area contributed by atoms with Gasteiger partial charge in [0.2, 0.25) is 5.76 Å². The highest BCUT2D eigenvalue weighted by Gasteiger charge is 2.20. The molecule has 1 amide bonds. The Morgan fingerprint density at radius 1 is 1.42 bits per heavy atom. The van der Waals surface area contributed by atoms with Crippen LogP contribution in [0.5, 0.6) is 0 Å². The van der Waals surface area contributed by atoms with Crippen LogP contribution in [-0.4, -0.2) is 42.4 Å². The Labute approximate surface area is 113 Å². The van der Waals surface area contributed by atoms with Crippen LogP contribution in [0.4, 0.5) is 0 Å². The number of carbonyl (C=O) groups is 1. The van der Waals surface area contributed by atoms with Crippen molar-refractivity contribution in [1.82, 2.24) is 15.6 Å². The summed E-state index contributed by atoms with van der Waals surface area (Å²) >= 11 is 0. The van der Waals surface area contributed by atoms with E-state index in [2.05, 4.69) is 24.4 Å². The highest BCUT2D eigenvalue weighted by Crippen LogP contribution is 2.22. The number of aromatic nitrogens is 1. The third kappa shape index (κ3) is 3.54. The van der Waals surface area contributed by atoms with Gasteiger partial charge in [0.15, 0.2) is 0 Å². The van der Waals surface area contributed by atoms with Crippen molar-refractivity contribution in [2.75, 3.05) is 26.3 Å². The van der Waals surface area contributed by atoms with Crippen LogP contribution in [0, 0.1) is 0 Å². The molecule has 0 bridgehead atoms. The van der Waals surface area contributed by atoms with E-state index in [0.717, 1.165) is 18.5 Å². The van der Waals surface area contributed by atoms with Crippen LogP contribution >= 0.6 is 0 Å². The minimum absolute atomic E-state index is 0.244. The molecule has 0 spiro atoms. The fourth-order valence-corrected chi connectivity index (χ4v) is 2.17. The van der Waals surface area contributed by atoms with Gasteiger partial charge in [-0.05, 0) is 12.8 Å². The van der Waals surface area contributed by atoms with Crippen LogP contribution in [0.2, 0.25) is 0 Å². The van der Waals surface area contributed by atoms with Crippen molar-refractivity contribution >= 4 is 5.91 Å². The van der Waals surface area contributed by atoms with Gasteiger partial charge in [0.05, 0.1) is 18.9 Å². The molecule has 1 aromatic heterocycles. The van der Waals surface area contributed by atoms with Gasteiger partial charge in [-0.15, -0.1) is 0 Å². The average molecular weight is 267 g/mol. The second kappa shape index (κ2) is 6.68. The van der Waals surface area contributed by atoms with E-state index in [-0.39, 0.29) is 11.7 Å². The fourth-order valence-electron chi connectivity index (χ4n) is 2.17. The minimum atomic E-state index is -0.244. The number of hydrogen-bond donors (Lipinski definition) is 1. The number of morpholine rings is 1. The van der Waals surface area contributed by atoms with Crippen molar-refractivity contribution in [3.8, 4) is 0 Å². The standard InChI is InChI=1S/C13H21N3O3/c1-3-10(4-2)11-9-12(19-15-11)13(17)14-16-5-7-18-8-6-16/h9-10H,3-8H2,1-2H3,(H,14,17). The van der Waals surface area contributed by atoms with Gasteiger partial charge in [-0.25, -0.2) is 5.01 Å². The number of nitrogens with one attached hydrogen (secondary N) is 1. The molecule has 0 saturated carbocycles. The molecule has 0 atom stereocenters. The van der Waals surface area contributed by atoms with Gasteiger partial charge in [-0.2, -0.15) is 0 Å². The maximum Gasteiger partial charge on any atom is 0.304 e. The predicted octanol–water partition coefficient (Wildman–Crippen LogP) is 1.56. The van der Waals surface area contributed by atoms with Gasteiger partial charge >= 0.3 is 5.91 Å². The third-order valence-corrected chi connectivity index (χ3v) is 3.43. The van der Waals surface area contributed by atoms with Gasteiger partial charge in [-0.1, -0.05) is 19.0 Å². The number of ether oxygens (including phenoxy) is 1. The van der Waals surface area contributed by atoms with Crippen molar-refractivity contribution in [1.29, 1.82) is 0 Å². The molecule has 2 rings (SSSR count). The Morgan fingerprint density at radius 3 is 2.74 bits per heavy atom. The number of hydrazine groups is 1. The largest absolute Gasteiger partial charge is 0.379 e. The monoisotopic (exact) mass is 267 g/mol. The lowest BCUT2D eigenvalue weighted by atomic mass is 9.99. The lowest BCUT2D eigenvalue weighted by Crippen LogP contribution is -2.48. The molecule has 106 valence electrons. The zero-order valence-electron chi connectivity index (χ0n) is 11.5. The smallest absolute Gasteiger partial charge is 0.304 e. The molecule has 2 heterocycles. The van der Waals surface area contributed by atoms with Gasteiger partial charge in [0.25, 0.3) is 0 Å². The van der Waals surface area contributed by atoms with E-state index in [4.69, 9.17) is 9.26 Å². The minimum Gasteiger partial charge on any atom is -0.379 e. The maximum atomic E-state index is 12.0. The molecule has 1 aromatic rings. The van der Waals surface area contributed by atoms with Crippen molar-refractivity contribution in [2.45, 2.75) is 32.6 Å². The van der Waals surface area contributed by atoms with Crippen molar-refractivity contribution in [3.63, 3.8) is 0 Å². The van der Waals surface area contributed by atoms with E-state index in [9.17, 15) is 4.79 Å². The highest BCUT2D eigenvalue weighted by molar-refractivity contribution is 5.91. The first-order valence-electron chi connectivity index (χ1n) is 6.84. The Hall–Kier alpha value is -1.40. The molecule has 6 nitrogen and oxygen atoms in total. The van der Waals surface area contributed by atoms with E-state index in [1.54, 1.807) is 6.07 Å². The van der Waals surface area contributed by atoms with Gasteiger partial charge in [0, 0.05) is 25.1 Å². The molecule has 19 heavy (non-hydrogen) atoms. The lowest BCUT2D eigenvalue weighted by molar-refractivity contribution is 0.0116. The van der Waals surface area contributed by atoms with Crippen LogP contribution in [0.1, 0.15) is 48.9 Å². The lowest BCUT2D eigenvalue weighted by Gasteiger charge is -2.26. The number of amides is 1. The molecule has 6 heteroatoms. The molecule has 0 unspecified atom stereocenters. The summed E-state index contributed by atoms with van der Waals surface area (Å²) in [5, 5.41) is 5.83. The molecular weight excluding hydrogens is 246 g/mol. The van der Waals surface area contributed by atoms with Crippen LogP contribution < -0.4 is 5.43 Å². The van der Waals surface area contributed by atoms with Crippen molar-refractivity contribution in [2.24, 2.45) is 0 Å². The molecule has 1 aliphatic heterocycles. The quantitative estimate of drug-likeness (QED) is 0.876. The second-order valence-electron chi connectivity index (χ2n) is 4.67. The molecule has 0 aliphatic carbocycles. The highest BCUT2D eigenvalue weighted by atomic mass is 16.5. The van der Waals surface area contributed by atoms with Crippen LogP contribution in [0.3, 0.4) is 0 Å². The van der Waals surface area contributed by atoms with E-state index in [1.807, 2.05) is 5.01 Å². The zero-order valence-corrected chi connectivity index (χ0v) is 11.5. The SMILES string of the molecule is CCC(CC)c1cc(C(=O)NN2CCOCC2)on1. The summed E-state index contributed by atoms with van der Waals surface area (Å²) in [5.41, 5.74) is 3.66. The van der Waals surface area contributed by atoms with Gasteiger partial charge in [0.1, 0.15) is 0 Å². The molecule has 0 radical (unpaired) electrons. The van der Waals surface area contributed by atoms with E-state index < -0.39 is 0 Å². The van der Waals surface area contributed by atoms with Gasteiger partial charge < -0.3 is 9.26 Å². The summed E-state index contributed by atoms with van der Waals surface area (Å²) < 4.78 is 10.4. The topological polar surface area (TPSA) is 67.6 Å². The Balaban J connectivity index is 1.95. The predicted molar refractivity (Wildman–Crippen MR) is 69.7 cm³/mol. The first kappa shape index (κ1) is 14.0. The molecule has 1 N–H and O–H groups in total.